The summed E-state index contributed by atoms with van der Waals surface area (Å²) < 4.78 is 36.7. The first-order chi connectivity index (χ1) is 11.4. The predicted octanol–water partition coefficient (Wildman–Crippen LogP) is 2.06. The molecule has 0 radical (unpaired) electrons. The third kappa shape index (κ3) is 10.0. The minimum Gasteiger partial charge on any atom is -0.357 e. The van der Waals surface area contributed by atoms with Gasteiger partial charge in [-0.2, -0.15) is 13.2 Å². The van der Waals surface area contributed by atoms with Crippen LogP contribution in [0.4, 0.5) is 13.2 Å². The quantitative estimate of drug-likeness (QED) is 0.409. The second kappa shape index (κ2) is 10.9. The third-order valence-electron chi connectivity index (χ3n) is 3.16. The number of rotatable bonds is 9. The van der Waals surface area contributed by atoms with E-state index in [1.54, 1.807) is 6.20 Å². The molecule has 1 aromatic heterocycles. The van der Waals surface area contributed by atoms with Gasteiger partial charge < -0.3 is 10.6 Å². The lowest BCUT2D eigenvalue weighted by atomic mass is 10.3. The van der Waals surface area contributed by atoms with Crippen molar-refractivity contribution in [3.8, 4) is 0 Å². The highest BCUT2D eigenvalue weighted by Crippen LogP contribution is 2.15. The monoisotopic (exact) mass is 345 g/mol. The van der Waals surface area contributed by atoms with Crippen LogP contribution in [-0.2, 0) is 6.42 Å². The van der Waals surface area contributed by atoms with E-state index in [0.29, 0.717) is 32.0 Å². The van der Waals surface area contributed by atoms with Crippen LogP contribution in [0.1, 0.15) is 19.0 Å². The number of alkyl halides is 3. The zero-order chi connectivity index (χ0) is 17.8. The van der Waals surface area contributed by atoms with E-state index >= 15 is 0 Å². The van der Waals surface area contributed by atoms with Crippen LogP contribution in [0.25, 0.3) is 0 Å². The summed E-state index contributed by atoms with van der Waals surface area (Å²) in [5, 5.41) is 6.32. The van der Waals surface area contributed by atoms with Gasteiger partial charge in [-0.3, -0.25) is 14.9 Å². The van der Waals surface area contributed by atoms with Crippen LogP contribution in [-0.4, -0.2) is 61.8 Å². The molecule has 8 heteroatoms. The average Bonchev–Trinajstić information content (AvgIpc) is 2.51. The van der Waals surface area contributed by atoms with E-state index in [4.69, 9.17) is 0 Å². The number of halogens is 3. The number of hydrogen-bond donors (Lipinski definition) is 2. The summed E-state index contributed by atoms with van der Waals surface area (Å²) in [6.07, 6.45) is -1.05. The Balaban J connectivity index is 2.29. The number of aliphatic imine (C=N–C) groups is 1. The van der Waals surface area contributed by atoms with Gasteiger partial charge >= 0.3 is 6.18 Å². The van der Waals surface area contributed by atoms with Crippen LogP contribution in [0.2, 0.25) is 0 Å². The molecule has 0 atom stereocenters. The molecule has 0 aliphatic rings. The van der Waals surface area contributed by atoms with E-state index in [0.717, 1.165) is 18.7 Å². The maximum absolute atomic E-state index is 12.2. The fourth-order valence-electron chi connectivity index (χ4n) is 2.11. The maximum Gasteiger partial charge on any atom is 0.401 e. The van der Waals surface area contributed by atoms with E-state index in [1.807, 2.05) is 25.1 Å². The van der Waals surface area contributed by atoms with E-state index < -0.39 is 12.7 Å². The van der Waals surface area contributed by atoms with E-state index in [2.05, 4.69) is 20.6 Å². The molecule has 0 aliphatic carbocycles. The molecule has 0 saturated carbocycles. The molecule has 1 aromatic rings. The Bertz CT molecular complexity index is 476. The standard InChI is InChI=1S/C16H26F3N5/c1-3-20-15(23-11-8-14-7-4-5-9-21-14)22-10-6-12-24(2)13-16(17,18)19/h4-5,7,9H,3,6,8,10-13H2,1-2H3,(H2,20,22,23). The highest BCUT2D eigenvalue weighted by molar-refractivity contribution is 5.79. The van der Waals surface area contributed by atoms with Crippen LogP contribution in [0, 0.1) is 0 Å². The minimum absolute atomic E-state index is 0.357. The smallest absolute Gasteiger partial charge is 0.357 e. The second-order valence-electron chi connectivity index (χ2n) is 5.47. The number of hydrogen-bond acceptors (Lipinski definition) is 3. The molecule has 1 rings (SSSR count). The molecule has 136 valence electrons. The number of pyridine rings is 1. The van der Waals surface area contributed by atoms with Gasteiger partial charge in [-0.1, -0.05) is 6.07 Å². The van der Waals surface area contributed by atoms with E-state index in [-0.39, 0.29) is 0 Å². The van der Waals surface area contributed by atoms with Crippen LogP contribution in [0.15, 0.2) is 29.4 Å². The lowest BCUT2D eigenvalue weighted by Gasteiger charge is -2.18. The Labute approximate surface area is 141 Å². The molecule has 0 bridgehead atoms. The van der Waals surface area contributed by atoms with Crippen molar-refractivity contribution in [3.05, 3.63) is 30.1 Å². The number of nitrogens with zero attached hydrogens (tertiary/aromatic N) is 3. The van der Waals surface area contributed by atoms with Crippen molar-refractivity contribution in [2.75, 3.05) is 39.8 Å². The van der Waals surface area contributed by atoms with Crippen molar-refractivity contribution in [1.82, 2.24) is 20.5 Å². The Morgan fingerprint density at radius 1 is 1.29 bits per heavy atom. The molecule has 0 unspecified atom stereocenters. The van der Waals surface area contributed by atoms with Gasteiger partial charge in [0.15, 0.2) is 5.96 Å². The Hall–Kier alpha value is -1.83. The third-order valence-corrected chi connectivity index (χ3v) is 3.16. The summed E-state index contributed by atoms with van der Waals surface area (Å²) in [5.41, 5.74) is 0.995. The topological polar surface area (TPSA) is 52.6 Å². The molecule has 24 heavy (non-hydrogen) atoms. The average molecular weight is 345 g/mol. The lowest BCUT2D eigenvalue weighted by molar-refractivity contribution is -0.143. The van der Waals surface area contributed by atoms with Gasteiger partial charge in [0.25, 0.3) is 0 Å². The van der Waals surface area contributed by atoms with Gasteiger partial charge in [0, 0.05) is 37.9 Å². The summed E-state index contributed by atoms with van der Waals surface area (Å²) in [4.78, 5) is 9.89. The lowest BCUT2D eigenvalue weighted by Crippen LogP contribution is -2.38. The zero-order valence-electron chi connectivity index (χ0n) is 14.2. The molecular weight excluding hydrogens is 319 g/mol. The Morgan fingerprint density at radius 2 is 2.08 bits per heavy atom. The molecule has 0 aromatic carbocycles. The first-order valence-electron chi connectivity index (χ1n) is 8.08. The van der Waals surface area contributed by atoms with Crippen molar-refractivity contribution in [1.29, 1.82) is 0 Å². The largest absolute Gasteiger partial charge is 0.401 e. The van der Waals surface area contributed by atoms with E-state index in [1.165, 1.54) is 11.9 Å². The first kappa shape index (κ1) is 20.2. The van der Waals surface area contributed by atoms with Gasteiger partial charge in [0.05, 0.1) is 6.54 Å². The van der Waals surface area contributed by atoms with Crippen molar-refractivity contribution >= 4 is 5.96 Å². The molecule has 2 N–H and O–H groups in total. The highest BCUT2D eigenvalue weighted by atomic mass is 19.4. The maximum atomic E-state index is 12.2. The Kier molecular flexibility index (Phi) is 9.14. The SMILES string of the molecule is CCNC(=NCCCN(C)CC(F)(F)F)NCCc1ccccn1. The summed E-state index contributed by atoms with van der Waals surface area (Å²) >= 11 is 0. The number of guanidine groups is 1. The number of nitrogens with one attached hydrogen (secondary N) is 2. The minimum atomic E-state index is -4.15. The van der Waals surface area contributed by atoms with Gasteiger partial charge in [0.2, 0.25) is 0 Å². The van der Waals surface area contributed by atoms with Crippen molar-refractivity contribution in [2.24, 2.45) is 4.99 Å². The van der Waals surface area contributed by atoms with Gasteiger partial charge in [0.1, 0.15) is 0 Å². The predicted molar refractivity (Wildman–Crippen MR) is 90.1 cm³/mol. The summed E-state index contributed by atoms with van der Waals surface area (Å²) in [7, 11) is 1.47. The van der Waals surface area contributed by atoms with Crippen LogP contribution in [0.3, 0.4) is 0 Å². The van der Waals surface area contributed by atoms with Crippen molar-refractivity contribution in [2.45, 2.75) is 25.9 Å². The fraction of sp³-hybridized carbons (Fsp3) is 0.625. The van der Waals surface area contributed by atoms with E-state index in [9.17, 15) is 13.2 Å². The molecule has 0 saturated heterocycles. The fourth-order valence-corrected chi connectivity index (χ4v) is 2.11. The molecule has 0 fully saturated rings. The molecule has 0 aliphatic heterocycles. The zero-order valence-corrected chi connectivity index (χ0v) is 14.2. The molecule has 1 heterocycles. The number of aromatic nitrogens is 1. The second-order valence-corrected chi connectivity index (χ2v) is 5.47. The van der Waals surface area contributed by atoms with Crippen LogP contribution < -0.4 is 10.6 Å². The summed E-state index contributed by atoms with van der Waals surface area (Å²) in [6.45, 7) is 3.32. The van der Waals surface area contributed by atoms with Crippen LogP contribution in [0.5, 0.6) is 0 Å². The highest BCUT2D eigenvalue weighted by Gasteiger charge is 2.28. The van der Waals surface area contributed by atoms with Crippen molar-refractivity contribution in [3.63, 3.8) is 0 Å². The summed E-state index contributed by atoms with van der Waals surface area (Å²) in [5.74, 6) is 0.673. The normalized spacial score (nSPS) is 12.5. The van der Waals surface area contributed by atoms with Crippen LogP contribution >= 0.6 is 0 Å². The van der Waals surface area contributed by atoms with Gasteiger partial charge in [-0.05, 0) is 39.1 Å². The Morgan fingerprint density at radius 3 is 2.71 bits per heavy atom. The molecule has 0 spiro atoms. The molecule has 5 nitrogen and oxygen atoms in total. The van der Waals surface area contributed by atoms with Gasteiger partial charge in [-0.15, -0.1) is 0 Å². The molecular formula is C16H26F3N5. The molecule has 0 amide bonds. The first-order valence-corrected chi connectivity index (χ1v) is 8.08. The van der Waals surface area contributed by atoms with Crippen molar-refractivity contribution < 1.29 is 13.2 Å². The summed E-state index contributed by atoms with van der Waals surface area (Å²) in [6, 6.07) is 5.78. The van der Waals surface area contributed by atoms with Gasteiger partial charge in [-0.25, -0.2) is 0 Å².